The van der Waals surface area contributed by atoms with Crippen LogP contribution >= 0.6 is 0 Å². The highest BCUT2D eigenvalue weighted by Gasteiger charge is 2.52. The van der Waals surface area contributed by atoms with Crippen molar-refractivity contribution >= 4 is 17.0 Å². The summed E-state index contributed by atoms with van der Waals surface area (Å²) in [6, 6.07) is 13.2. The van der Waals surface area contributed by atoms with Gasteiger partial charge in [0.05, 0.1) is 5.69 Å². The number of rotatable bonds is 7. The Balaban J connectivity index is 1.12. The summed E-state index contributed by atoms with van der Waals surface area (Å²) in [4.78, 5) is 33.2. The van der Waals surface area contributed by atoms with Crippen molar-refractivity contribution in [1.29, 1.82) is 0 Å². The largest absolute Gasteiger partial charge is 0.489 e. The van der Waals surface area contributed by atoms with Crippen LogP contribution in [-0.2, 0) is 6.61 Å². The number of ether oxygens (including phenoxy) is 2. The van der Waals surface area contributed by atoms with Gasteiger partial charge in [0.25, 0.3) is 0 Å². The van der Waals surface area contributed by atoms with E-state index in [1.807, 2.05) is 56.3 Å². The van der Waals surface area contributed by atoms with Gasteiger partial charge >= 0.3 is 5.69 Å². The van der Waals surface area contributed by atoms with Crippen LogP contribution in [0.4, 0.5) is 5.82 Å². The minimum atomic E-state index is -0.155. The predicted octanol–water partition coefficient (Wildman–Crippen LogP) is 4.21. The molecule has 11 heteroatoms. The minimum Gasteiger partial charge on any atom is -0.489 e. The van der Waals surface area contributed by atoms with E-state index >= 15 is 0 Å². The average molecular weight is 565 g/mol. The van der Waals surface area contributed by atoms with Crippen molar-refractivity contribution < 1.29 is 9.47 Å². The molecule has 0 bridgehead atoms. The molecule has 1 aliphatic heterocycles. The molecular formula is C31H32N8O3. The highest BCUT2D eigenvalue weighted by Crippen LogP contribution is 2.53. The summed E-state index contributed by atoms with van der Waals surface area (Å²) in [6.07, 6.45) is 6.88. The molecule has 2 fully saturated rings. The molecule has 11 nitrogen and oxygen atoms in total. The van der Waals surface area contributed by atoms with E-state index in [4.69, 9.17) is 15.2 Å². The molecule has 214 valence electrons. The third-order valence-corrected chi connectivity index (χ3v) is 8.19. The first-order valence-electron chi connectivity index (χ1n) is 14.0. The predicted molar refractivity (Wildman–Crippen MR) is 158 cm³/mol. The lowest BCUT2D eigenvalue weighted by Gasteiger charge is -2.58. The van der Waals surface area contributed by atoms with Gasteiger partial charge in [-0.3, -0.25) is 9.13 Å². The summed E-state index contributed by atoms with van der Waals surface area (Å²) in [6.45, 7) is 6.34. The molecule has 5 aromatic rings. The molecular weight excluding hydrogens is 532 g/mol. The third kappa shape index (κ3) is 4.65. The number of benzene rings is 2. The number of imidazole rings is 1. The molecule has 4 heterocycles. The monoisotopic (exact) mass is 564 g/mol. The maximum Gasteiger partial charge on any atom is 0.335 e. The number of hydrogen-bond donors (Lipinski definition) is 1. The highest BCUT2D eigenvalue weighted by atomic mass is 16.5. The Hall–Kier alpha value is -4.77. The van der Waals surface area contributed by atoms with E-state index in [1.54, 1.807) is 21.5 Å². The Kier molecular flexibility index (Phi) is 6.19. The van der Waals surface area contributed by atoms with Gasteiger partial charge in [0, 0.05) is 43.2 Å². The molecule has 1 saturated heterocycles. The van der Waals surface area contributed by atoms with Crippen LogP contribution in [0, 0.1) is 19.3 Å². The second kappa shape index (κ2) is 9.95. The molecule has 1 spiro atoms. The molecule has 1 aliphatic carbocycles. The fourth-order valence-corrected chi connectivity index (χ4v) is 6.43. The zero-order valence-electron chi connectivity index (χ0n) is 23.8. The van der Waals surface area contributed by atoms with Crippen LogP contribution < -0.4 is 20.9 Å². The topological polar surface area (TPSA) is 126 Å². The number of hydrogen-bond acceptors (Lipinski definition) is 9. The van der Waals surface area contributed by atoms with E-state index in [0.29, 0.717) is 46.1 Å². The normalized spacial score (nSPS) is 16.4. The first-order valence-corrected chi connectivity index (χ1v) is 14.0. The van der Waals surface area contributed by atoms with Gasteiger partial charge in [-0.05, 0) is 81.1 Å². The SMILES string of the molecule is Cc1cc(OCc2cnc(C)nc2)cc(Oc2ccc(-n3c(=O)n(C4CC5(C4)CN(C)C5)c4ncnc(N)c43)cc2)c1. The minimum absolute atomic E-state index is 0.100. The van der Waals surface area contributed by atoms with Crippen LogP contribution in [0.3, 0.4) is 0 Å². The summed E-state index contributed by atoms with van der Waals surface area (Å²) in [7, 11) is 2.13. The van der Waals surface area contributed by atoms with E-state index in [9.17, 15) is 4.79 Å². The Morgan fingerprint density at radius 1 is 0.952 bits per heavy atom. The van der Waals surface area contributed by atoms with Crippen LogP contribution in [0.5, 0.6) is 17.2 Å². The highest BCUT2D eigenvalue weighted by molar-refractivity contribution is 5.84. The van der Waals surface area contributed by atoms with Crippen molar-refractivity contribution in [3.05, 3.63) is 88.6 Å². The van der Waals surface area contributed by atoms with Gasteiger partial charge in [-0.15, -0.1) is 0 Å². The number of nitrogens with two attached hydrogens (primary N) is 1. The van der Waals surface area contributed by atoms with Crippen LogP contribution in [0.15, 0.2) is 66.0 Å². The smallest absolute Gasteiger partial charge is 0.335 e. The molecule has 0 atom stereocenters. The molecule has 7 rings (SSSR count). The van der Waals surface area contributed by atoms with Gasteiger partial charge in [-0.25, -0.2) is 24.7 Å². The number of likely N-dealkylation sites (tertiary alicyclic amines) is 1. The van der Waals surface area contributed by atoms with Gasteiger partial charge in [0.2, 0.25) is 0 Å². The molecule has 0 unspecified atom stereocenters. The van der Waals surface area contributed by atoms with Crippen LogP contribution in [0.25, 0.3) is 16.9 Å². The second-order valence-electron chi connectivity index (χ2n) is 11.7. The first-order chi connectivity index (χ1) is 20.3. The van der Waals surface area contributed by atoms with Gasteiger partial charge in [-0.1, -0.05) is 0 Å². The summed E-state index contributed by atoms with van der Waals surface area (Å²) in [5, 5.41) is 0. The van der Waals surface area contributed by atoms with Gasteiger partial charge in [-0.2, -0.15) is 0 Å². The molecule has 2 N–H and O–H groups in total. The van der Waals surface area contributed by atoms with Crippen molar-refractivity contribution in [1.82, 2.24) is 34.0 Å². The summed E-state index contributed by atoms with van der Waals surface area (Å²) >= 11 is 0. The molecule has 0 radical (unpaired) electrons. The molecule has 42 heavy (non-hydrogen) atoms. The van der Waals surface area contributed by atoms with Crippen LogP contribution in [0.1, 0.15) is 35.8 Å². The molecule has 0 amide bonds. The van der Waals surface area contributed by atoms with Gasteiger partial charge in [0.1, 0.15) is 41.5 Å². The van der Waals surface area contributed by atoms with Crippen molar-refractivity contribution in [2.45, 2.75) is 39.3 Å². The molecule has 1 saturated carbocycles. The zero-order valence-corrected chi connectivity index (χ0v) is 23.8. The molecule has 2 aliphatic rings. The average Bonchev–Trinajstić information content (AvgIpc) is 3.22. The second-order valence-corrected chi connectivity index (χ2v) is 11.7. The van der Waals surface area contributed by atoms with Crippen LogP contribution in [0.2, 0.25) is 0 Å². The van der Waals surface area contributed by atoms with E-state index in [0.717, 1.165) is 42.9 Å². The lowest BCUT2D eigenvalue weighted by Crippen LogP contribution is -2.61. The van der Waals surface area contributed by atoms with Gasteiger partial charge < -0.3 is 20.1 Å². The standard InChI is InChI=1S/C31H32N8O3/c1-19-8-25(41-15-21-13-33-20(2)34-14-21)10-26(9-19)42-24-6-4-22(5-7-24)38-27-28(32)35-18-36-29(27)39(30(38)40)23-11-31(12-23)16-37(3)17-31/h4-10,13-14,18,23H,11-12,15-17H2,1-3H3,(H2,32,35,36). The Morgan fingerprint density at radius 3 is 2.38 bits per heavy atom. The lowest BCUT2D eigenvalue weighted by molar-refractivity contribution is -0.0756. The maximum atomic E-state index is 13.8. The van der Waals surface area contributed by atoms with E-state index in [-0.39, 0.29) is 17.5 Å². The maximum absolute atomic E-state index is 13.8. The zero-order chi connectivity index (χ0) is 29.0. The fraction of sp³-hybridized carbons (Fsp3) is 0.323. The quantitative estimate of drug-likeness (QED) is 0.309. The first kappa shape index (κ1) is 26.1. The number of anilines is 1. The van der Waals surface area contributed by atoms with Gasteiger partial charge in [0.15, 0.2) is 11.5 Å². The summed E-state index contributed by atoms with van der Waals surface area (Å²) < 4.78 is 15.6. The van der Waals surface area contributed by atoms with Crippen molar-refractivity contribution in [2.24, 2.45) is 5.41 Å². The van der Waals surface area contributed by atoms with E-state index in [1.165, 1.54) is 6.33 Å². The fourth-order valence-electron chi connectivity index (χ4n) is 6.43. The molecule has 3 aromatic heterocycles. The Bertz CT molecular complexity index is 1830. The Labute approximate surface area is 242 Å². The summed E-state index contributed by atoms with van der Waals surface area (Å²) in [5.41, 5.74) is 10.1. The Morgan fingerprint density at radius 2 is 1.67 bits per heavy atom. The van der Waals surface area contributed by atoms with Crippen molar-refractivity contribution in [3.8, 4) is 22.9 Å². The number of nitrogens with zero attached hydrogens (tertiary/aromatic N) is 7. The van der Waals surface area contributed by atoms with E-state index in [2.05, 4.69) is 31.9 Å². The van der Waals surface area contributed by atoms with Crippen molar-refractivity contribution in [2.75, 3.05) is 25.9 Å². The number of nitrogen functional groups attached to an aromatic ring is 1. The van der Waals surface area contributed by atoms with Crippen molar-refractivity contribution in [3.63, 3.8) is 0 Å². The molecule has 2 aromatic carbocycles. The number of fused-ring (bicyclic) bond motifs is 1. The van der Waals surface area contributed by atoms with E-state index < -0.39 is 0 Å². The van der Waals surface area contributed by atoms with Crippen LogP contribution in [-0.4, -0.2) is 54.1 Å². The lowest BCUT2D eigenvalue weighted by atomic mass is 9.61. The summed E-state index contributed by atoms with van der Waals surface area (Å²) in [5.74, 6) is 2.95. The third-order valence-electron chi connectivity index (χ3n) is 8.19. The number of aryl methyl sites for hydroxylation is 2. The number of aromatic nitrogens is 6.